The number of nitrogens with zero attached hydrogens (tertiary/aromatic N) is 2. The lowest BCUT2D eigenvalue weighted by Crippen LogP contribution is -2.46. The number of imidazole rings is 1. The molecular weight excluding hydrogens is 452 g/mol. The molecule has 1 amide bonds. The summed E-state index contributed by atoms with van der Waals surface area (Å²) in [5.41, 5.74) is 4.43. The highest BCUT2D eigenvalue weighted by Gasteiger charge is 2.37. The van der Waals surface area contributed by atoms with Gasteiger partial charge in [-0.2, -0.15) is 0 Å². The van der Waals surface area contributed by atoms with Crippen molar-refractivity contribution < 1.29 is 14.3 Å². The van der Waals surface area contributed by atoms with Gasteiger partial charge in [0, 0.05) is 24.7 Å². The van der Waals surface area contributed by atoms with E-state index < -0.39 is 5.41 Å². The third kappa shape index (κ3) is 4.74. The van der Waals surface area contributed by atoms with Crippen LogP contribution in [-0.2, 0) is 16.0 Å². The maximum absolute atomic E-state index is 13.8. The van der Waals surface area contributed by atoms with Gasteiger partial charge in [-0.1, -0.05) is 30.3 Å². The van der Waals surface area contributed by atoms with Gasteiger partial charge in [-0.3, -0.25) is 9.59 Å². The summed E-state index contributed by atoms with van der Waals surface area (Å²) in [4.78, 5) is 36.3. The number of anilines is 1. The first kappa shape index (κ1) is 24.1. The second-order valence-electron chi connectivity index (χ2n) is 10.9. The molecule has 5 rings (SSSR count). The van der Waals surface area contributed by atoms with Gasteiger partial charge in [-0.25, -0.2) is 4.98 Å². The molecule has 36 heavy (non-hydrogen) atoms. The quantitative estimate of drug-likeness (QED) is 0.379. The highest BCUT2D eigenvalue weighted by Crippen LogP contribution is 2.37. The fourth-order valence-electron chi connectivity index (χ4n) is 5.04. The number of hydrogen-bond donors (Lipinski definition) is 2. The standard InChI is InChI=1S/C29H34N4O3/c1-18-14-20(36-28(35)29(2,3)4)15-22-21(18)16-23(31-22)27(34)33-13-9-8-12-25(33)26-30-17-24(32-26)19-10-6-5-7-11-19/h5-7,10-11,14-15,17,23,25,31H,8-9,12-13,16H2,1-4H3,(H,30,32)/t23-,25-/m0/s1. The lowest BCUT2D eigenvalue weighted by atomic mass is 9.97. The molecule has 0 aliphatic carbocycles. The van der Waals surface area contributed by atoms with E-state index in [0.29, 0.717) is 18.7 Å². The van der Waals surface area contributed by atoms with Crippen molar-refractivity contribution >= 4 is 17.6 Å². The molecule has 2 aromatic carbocycles. The lowest BCUT2D eigenvalue weighted by molar-refractivity contribution is -0.143. The Balaban J connectivity index is 1.33. The molecule has 1 saturated heterocycles. The van der Waals surface area contributed by atoms with E-state index in [1.807, 2.05) is 69.1 Å². The van der Waals surface area contributed by atoms with E-state index in [-0.39, 0.29) is 24.0 Å². The van der Waals surface area contributed by atoms with Crippen LogP contribution in [0.1, 0.15) is 63.0 Å². The van der Waals surface area contributed by atoms with Crippen LogP contribution in [0.4, 0.5) is 5.69 Å². The monoisotopic (exact) mass is 486 g/mol. The summed E-state index contributed by atoms with van der Waals surface area (Å²) in [6.07, 6.45) is 5.41. The minimum Gasteiger partial charge on any atom is -0.426 e. The number of likely N-dealkylation sites (tertiary alicyclic amines) is 1. The van der Waals surface area contributed by atoms with Crippen molar-refractivity contribution in [1.29, 1.82) is 0 Å². The van der Waals surface area contributed by atoms with Crippen molar-refractivity contribution in [2.24, 2.45) is 5.41 Å². The number of piperidine rings is 1. The number of hydrogen-bond acceptors (Lipinski definition) is 5. The van der Waals surface area contributed by atoms with E-state index in [1.165, 1.54) is 0 Å². The normalized spacial score (nSPS) is 19.5. The average Bonchev–Trinajstić information content (AvgIpc) is 3.52. The minimum atomic E-state index is -0.589. The average molecular weight is 487 g/mol. The Kier molecular flexibility index (Phi) is 6.33. The summed E-state index contributed by atoms with van der Waals surface area (Å²) in [5.74, 6) is 1.15. The molecule has 0 bridgehead atoms. The number of aromatic nitrogens is 2. The Hall–Kier alpha value is -3.61. The second kappa shape index (κ2) is 9.45. The fourth-order valence-corrected chi connectivity index (χ4v) is 5.04. The Morgan fingerprint density at radius 3 is 2.64 bits per heavy atom. The Morgan fingerprint density at radius 2 is 1.89 bits per heavy atom. The van der Waals surface area contributed by atoms with Crippen molar-refractivity contribution in [3.8, 4) is 17.0 Å². The number of carbonyl (C=O) groups is 2. The van der Waals surface area contributed by atoms with Crippen LogP contribution in [0.2, 0.25) is 0 Å². The zero-order valence-corrected chi connectivity index (χ0v) is 21.4. The highest BCUT2D eigenvalue weighted by molar-refractivity contribution is 5.88. The van der Waals surface area contributed by atoms with Gasteiger partial charge >= 0.3 is 5.97 Å². The molecule has 2 N–H and O–H groups in total. The Labute approximate surface area is 212 Å². The van der Waals surface area contributed by atoms with E-state index in [4.69, 9.17) is 4.74 Å². The minimum absolute atomic E-state index is 0.0707. The SMILES string of the molecule is Cc1cc(OC(=O)C(C)(C)C)cc2c1C[C@@H](C(=O)N1CCCC[C@H]1c1ncc(-c3ccccc3)[nH]1)N2. The van der Waals surface area contributed by atoms with Gasteiger partial charge < -0.3 is 19.9 Å². The molecule has 0 radical (unpaired) electrons. The van der Waals surface area contributed by atoms with Gasteiger partial charge in [-0.15, -0.1) is 0 Å². The molecular formula is C29H34N4O3. The van der Waals surface area contributed by atoms with Crippen LogP contribution >= 0.6 is 0 Å². The van der Waals surface area contributed by atoms with Gasteiger partial charge in [0.25, 0.3) is 0 Å². The molecule has 0 spiro atoms. The number of amides is 1. The molecule has 3 heterocycles. The predicted molar refractivity (Wildman–Crippen MR) is 140 cm³/mol. The number of ether oxygens (including phenoxy) is 1. The van der Waals surface area contributed by atoms with Crippen molar-refractivity contribution in [3.05, 3.63) is 65.6 Å². The van der Waals surface area contributed by atoms with Gasteiger partial charge in [0.05, 0.1) is 23.3 Å². The number of fused-ring (bicyclic) bond motifs is 1. The van der Waals surface area contributed by atoms with Crippen LogP contribution in [0, 0.1) is 12.3 Å². The maximum Gasteiger partial charge on any atom is 0.316 e. The Bertz CT molecular complexity index is 1280. The lowest BCUT2D eigenvalue weighted by Gasteiger charge is -2.36. The summed E-state index contributed by atoms with van der Waals surface area (Å²) >= 11 is 0. The molecule has 2 aliphatic heterocycles. The van der Waals surface area contributed by atoms with E-state index in [0.717, 1.165) is 53.2 Å². The van der Waals surface area contributed by atoms with Crippen LogP contribution in [0.5, 0.6) is 5.75 Å². The molecule has 3 aromatic rings. The van der Waals surface area contributed by atoms with E-state index in [9.17, 15) is 9.59 Å². The molecule has 2 aliphatic rings. The first-order valence-corrected chi connectivity index (χ1v) is 12.7. The summed E-state index contributed by atoms with van der Waals surface area (Å²) in [6.45, 7) is 8.21. The number of rotatable bonds is 4. The topological polar surface area (TPSA) is 87.3 Å². The van der Waals surface area contributed by atoms with Crippen molar-refractivity contribution in [2.75, 3.05) is 11.9 Å². The number of esters is 1. The second-order valence-corrected chi connectivity index (χ2v) is 10.9. The molecule has 0 saturated carbocycles. The van der Waals surface area contributed by atoms with Gasteiger partial charge in [0.1, 0.15) is 17.6 Å². The third-order valence-corrected chi connectivity index (χ3v) is 7.09. The fraction of sp³-hybridized carbons (Fsp3) is 0.414. The van der Waals surface area contributed by atoms with Crippen LogP contribution in [0.25, 0.3) is 11.3 Å². The van der Waals surface area contributed by atoms with Crippen LogP contribution in [-0.4, -0.2) is 39.3 Å². The third-order valence-electron chi connectivity index (χ3n) is 7.09. The molecule has 0 unspecified atom stereocenters. The van der Waals surface area contributed by atoms with E-state index in [2.05, 4.69) is 27.4 Å². The number of benzene rings is 2. The van der Waals surface area contributed by atoms with Crippen molar-refractivity contribution in [3.63, 3.8) is 0 Å². The van der Waals surface area contributed by atoms with Gasteiger partial charge in [0.15, 0.2) is 0 Å². The van der Waals surface area contributed by atoms with Gasteiger partial charge in [-0.05, 0) is 69.7 Å². The zero-order chi connectivity index (χ0) is 25.4. The van der Waals surface area contributed by atoms with E-state index in [1.54, 1.807) is 0 Å². The summed E-state index contributed by atoms with van der Waals surface area (Å²) in [7, 11) is 0. The van der Waals surface area contributed by atoms with Crippen LogP contribution in [0.15, 0.2) is 48.7 Å². The van der Waals surface area contributed by atoms with Crippen molar-refractivity contribution in [1.82, 2.24) is 14.9 Å². The summed E-state index contributed by atoms with van der Waals surface area (Å²) < 4.78 is 5.62. The summed E-state index contributed by atoms with van der Waals surface area (Å²) in [5, 5.41) is 3.41. The number of carbonyl (C=O) groups excluding carboxylic acids is 2. The molecule has 1 aromatic heterocycles. The maximum atomic E-state index is 13.8. The number of H-pyrrole nitrogens is 1. The first-order valence-electron chi connectivity index (χ1n) is 12.7. The molecule has 2 atom stereocenters. The number of aryl methyl sites for hydroxylation is 1. The highest BCUT2D eigenvalue weighted by atomic mass is 16.5. The van der Waals surface area contributed by atoms with Crippen LogP contribution in [0.3, 0.4) is 0 Å². The van der Waals surface area contributed by atoms with Gasteiger partial charge in [0.2, 0.25) is 5.91 Å². The molecule has 188 valence electrons. The van der Waals surface area contributed by atoms with Crippen molar-refractivity contribution in [2.45, 2.75) is 65.5 Å². The molecule has 7 nitrogen and oxygen atoms in total. The van der Waals surface area contributed by atoms with Crippen LogP contribution < -0.4 is 10.1 Å². The molecule has 7 heteroatoms. The largest absolute Gasteiger partial charge is 0.426 e. The smallest absolute Gasteiger partial charge is 0.316 e. The Morgan fingerprint density at radius 1 is 1.11 bits per heavy atom. The predicted octanol–water partition coefficient (Wildman–Crippen LogP) is 5.43. The van der Waals surface area contributed by atoms with E-state index >= 15 is 0 Å². The summed E-state index contributed by atoms with van der Waals surface area (Å²) in [6, 6.07) is 13.4. The zero-order valence-electron chi connectivity index (χ0n) is 21.4. The number of nitrogens with one attached hydrogen (secondary N) is 2. The molecule has 1 fully saturated rings. The number of aromatic amines is 1. The first-order chi connectivity index (χ1) is 17.2.